The van der Waals surface area contributed by atoms with Crippen molar-refractivity contribution < 1.29 is 23.8 Å². The molecule has 0 aliphatic heterocycles. The van der Waals surface area contributed by atoms with E-state index >= 15 is 0 Å². The van der Waals surface area contributed by atoms with Gasteiger partial charge in [0.05, 0.1) is 13.2 Å². The molecule has 0 unspecified atom stereocenters. The minimum absolute atomic E-state index is 0.118. The van der Waals surface area contributed by atoms with E-state index in [0.29, 0.717) is 11.5 Å². The normalized spacial score (nSPS) is 11.4. The third-order valence-corrected chi connectivity index (χ3v) is 4.00. The monoisotopic (exact) mass is 371 g/mol. The number of hydrogen-bond donors (Lipinski definition) is 1. The van der Waals surface area contributed by atoms with Crippen LogP contribution in [0.1, 0.15) is 30.5 Å². The van der Waals surface area contributed by atoms with E-state index in [0.717, 1.165) is 17.5 Å². The molecule has 2 aromatic carbocycles. The molecule has 27 heavy (non-hydrogen) atoms. The molecule has 0 aliphatic carbocycles. The van der Waals surface area contributed by atoms with Gasteiger partial charge in [0.1, 0.15) is 11.5 Å². The van der Waals surface area contributed by atoms with Gasteiger partial charge in [0.25, 0.3) is 5.91 Å². The Morgan fingerprint density at radius 2 is 1.59 bits per heavy atom. The summed E-state index contributed by atoms with van der Waals surface area (Å²) in [5.74, 6) is 0.257. The van der Waals surface area contributed by atoms with Gasteiger partial charge in [0, 0.05) is 0 Å². The quantitative estimate of drug-likeness (QED) is 0.685. The molecule has 2 rings (SSSR count). The van der Waals surface area contributed by atoms with Crippen LogP contribution in [0.25, 0.3) is 0 Å². The van der Waals surface area contributed by atoms with E-state index in [1.807, 2.05) is 38.1 Å². The first-order valence-electron chi connectivity index (χ1n) is 8.80. The maximum Gasteiger partial charge on any atom is 0.344 e. The second-order valence-corrected chi connectivity index (χ2v) is 6.06. The second-order valence-electron chi connectivity index (χ2n) is 6.06. The van der Waals surface area contributed by atoms with Gasteiger partial charge in [-0.2, -0.15) is 0 Å². The predicted octanol–water partition coefficient (Wildman–Crippen LogP) is 3.19. The van der Waals surface area contributed by atoms with Gasteiger partial charge < -0.3 is 19.5 Å². The molecule has 0 radical (unpaired) electrons. The van der Waals surface area contributed by atoms with Crippen molar-refractivity contribution in [2.24, 2.45) is 0 Å². The van der Waals surface area contributed by atoms with Crippen molar-refractivity contribution in [1.82, 2.24) is 5.32 Å². The number of amides is 1. The Kier molecular flexibility index (Phi) is 7.67. The molecule has 6 heteroatoms. The molecule has 1 amide bonds. The molecule has 0 fully saturated rings. The van der Waals surface area contributed by atoms with Crippen LogP contribution in [0.15, 0.2) is 48.5 Å². The van der Waals surface area contributed by atoms with E-state index in [1.165, 1.54) is 0 Å². The number of nitrogens with one attached hydrogen (secondary N) is 1. The highest BCUT2D eigenvalue weighted by molar-refractivity contribution is 5.81. The van der Waals surface area contributed by atoms with Gasteiger partial charge in [-0.15, -0.1) is 0 Å². The van der Waals surface area contributed by atoms with Crippen molar-refractivity contribution in [3.05, 3.63) is 59.7 Å². The van der Waals surface area contributed by atoms with E-state index in [2.05, 4.69) is 5.32 Å². The number of ether oxygens (including phenoxy) is 3. The Bertz CT molecular complexity index is 740. The highest BCUT2D eigenvalue weighted by Crippen LogP contribution is 2.18. The van der Waals surface area contributed by atoms with Crippen molar-refractivity contribution in [2.75, 3.05) is 20.3 Å². The van der Waals surface area contributed by atoms with Crippen LogP contribution >= 0.6 is 0 Å². The average Bonchev–Trinajstić information content (AvgIpc) is 2.70. The van der Waals surface area contributed by atoms with Crippen molar-refractivity contribution in [3.63, 3.8) is 0 Å². The number of carbonyl (C=O) groups is 2. The predicted molar refractivity (Wildman–Crippen MR) is 102 cm³/mol. The van der Waals surface area contributed by atoms with Gasteiger partial charge in [0.2, 0.25) is 0 Å². The number of rotatable bonds is 9. The van der Waals surface area contributed by atoms with E-state index in [4.69, 9.17) is 14.2 Å². The topological polar surface area (TPSA) is 73.9 Å². The Morgan fingerprint density at radius 1 is 0.963 bits per heavy atom. The summed E-state index contributed by atoms with van der Waals surface area (Å²) in [5, 5.41) is 2.87. The standard InChI is InChI=1S/C21H25NO5/c1-4-19(16-7-5-15(2)6-8-16)22-20(23)13-27-21(24)14-26-18-11-9-17(25-3)10-12-18/h5-12,19H,4,13-14H2,1-3H3,(H,22,23)/t19-/m0/s1. The summed E-state index contributed by atoms with van der Waals surface area (Å²) in [6.45, 7) is 3.39. The van der Waals surface area contributed by atoms with E-state index in [-0.39, 0.29) is 25.2 Å². The van der Waals surface area contributed by atoms with Crippen LogP contribution in [-0.2, 0) is 14.3 Å². The van der Waals surface area contributed by atoms with Gasteiger partial charge >= 0.3 is 5.97 Å². The molecule has 2 aromatic rings. The molecule has 6 nitrogen and oxygen atoms in total. The van der Waals surface area contributed by atoms with E-state index < -0.39 is 5.97 Å². The second kappa shape index (κ2) is 10.2. The minimum atomic E-state index is -0.607. The SMILES string of the molecule is CC[C@H](NC(=O)COC(=O)COc1ccc(OC)cc1)c1ccc(C)cc1. The number of hydrogen-bond acceptors (Lipinski definition) is 5. The average molecular weight is 371 g/mol. The Labute approximate surface area is 159 Å². The first kappa shape index (κ1) is 20.3. The minimum Gasteiger partial charge on any atom is -0.497 e. The zero-order chi connectivity index (χ0) is 19.6. The molecule has 0 bridgehead atoms. The molecule has 0 saturated heterocycles. The van der Waals surface area contributed by atoms with Gasteiger partial charge in [0.15, 0.2) is 13.2 Å². The highest BCUT2D eigenvalue weighted by atomic mass is 16.6. The van der Waals surface area contributed by atoms with Gasteiger partial charge in [-0.25, -0.2) is 4.79 Å². The smallest absolute Gasteiger partial charge is 0.344 e. The molecular weight excluding hydrogens is 346 g/mol. The Morgan fingerprint density at radius 3 is 2.19 bits per heavy atom. The zero-order valence-corrected chi connectivity index (χ0v) is 15.9. The van der Waals surface area contributed by atoms with E-state index in [9.17, 15) is 9.59 Å². The Balaban J connectivity index is 1.74. The van der Waals surface area contributed by atoms with Crippen molar-refractivity contribution >= 4 is 11.9 Å². The molecule has 0 heterocycles. The molecule has 0 saturated carbocycles. The third-order valence-electron chi connectivity index (χ3n) is 4.00. The van der Waals surface area contributed by atoms with Crippen LogP contribution in [-0.4, -0.2) is 32.2 Å². The lowest BCUT2D eigenvalue weighted by molar-refractivity contribution is -0.150. The summed E-state index contributed by atoms with van der Waals surface area (Å²) in [4.78, 5) is 23.8. The fourth-order valence-corrected chi connectivity index (χ4v) is 2.46. The van der Waals surface area contributed by atoms with E-state index in [1.54, 1.807) is 31.4 Å². The lowest BCUT2D eigenvalue weighted by atomic mass is 10.0. The van der Waals surface area contributed by atoms with Crippen molar-refractivity contribution in [3.8, 4) is 11.5 Å². The maximum atomic E-state index is 12.1. The summed E-state index contributed by atoms with van der Waals surface area (Å²) in [5.41, 5.74) is 2.18. The summed E-state index contributed by atoms with van der Waals surface area (Å²) < 4.78 is 15.3. The van der Waals surface area contributed by atoms with Crippen LogP contribution in [0.5, 0.6) is 11.5 Å². The van der Waals surface area contributed by atoms with Gasteiger partial charge in [-0.1, -0.05) is 36.8 Å². The number of methoxy groups -OCH3 is 1. The number of benzene rings is 2. The largest absolute Gasteiger partial charge is 0.497 e. The van der Waals surface area contributed by atoms with Crippen molar-refractivity contribution in [2.45, 2.75) is 26.3 Å². The third kappa shape index (κ3) is 6.66. The number of carbonyl (C=O) groups excluding carboxylic acids is 2. The zero-order valence-electron chi connectivity index (χ0n) is 15.9. The Hall–Kier alpha value is -3.02. The molecule has 1 atom stereocenters. The van der Waals surface area contributed by atoms with Gasteiger partial charge in [-0.3, -0.25) is 4.79 Å². The van der Waals surface area contributed by atoms with Gasteiger partial charge in [-0.05, 0) is 43.2 Å². The lowest BCUT2D eigenvalue weighted by Crippen LogP contribution is -2.32. The summed E-state index contributed by atoms with van der Waals surface area (Å²) in [6, 6.07) is 14.7. The number of aryl methyl sites for hydroxylation is 1. The molecule has 1 N–H and O–H groups in total. The summed E-state index contributed by atoms with van der Waals surface area (Å²) >= 11 is 0. The molecular formula is C21H25NO5. The highest BCUT2D eigenvalue weighted by Gasteiger charge is 2.14. The fourth-order valence-electron chi connectivity index (χ4n) is 2.46. The fraction of sp³-hybridized carbons (Fsp3) is 0.333. The molecule has 0 spiro atoms. The van der Waals surface area contributed by atoms with Crippen molar-refractivity contribution in [1.29, 1.82) is 0 Å². The first-order valence-corrected chi connectivity index (χ1v) is 8.80. The molecule has 0 aromatic heterocycles. The first-order chi connectivity index (χ1) is 13.0. The van der Waals surface area contributed by atoms with Crippen LogP contribution in [0.3, 0.4) is 0 Å². The number of esters is 1. The van der Waals surface area contributed by atoms with Crippen LogP contribution in [0.2, 0.25) is 0 Å². The lowest BCUT2D eigenvalue weighted by Gasteiger charge is -2.17. The maximum absolute atomic E-state index is 12.1. The van der Waals surface area contributed by atoms with Crippen LogP contribution < -0.4 is 14.8 Å². The van der Waals surface area contributed by atoms with Crippen LogP contribution in [0, 0.1) is 6.92 Å². The summed E-state index contributed by atoms with van der Waals surface area (Å²) in [6.07, 6.45) is 0.739. The molecule has 144 valence electrons. The molecule has 0 aliphatic rings. The summed E-state index contributed by atoms with van der Waals surface area (Å²) in [7, 11) is 1.57. The van der Waals surface area contributed by atoms with Crippen LogP contribution in [0.4, 0.5) is 0 Å².